The second kappa shape index (κ2) is 8.29. The third kappa shape index (κ3) is 4.57. The lowest BCUT2D eigenvalue weighted by molar-refractivity contribution is 0.411. The van der Waals surface area contributed by atoms with Crippen LogP contribution in [0.15, 0.2) is 58.9 Å². The molecular formula is C17H18N6OS. The fourth-order valence-electron chi connectivity index (χ4n) is 2.10. The van der Waals surface area contributed by atoms with Crippen LogP contribution in [-0.4, -0.2) is 33.0 Å². The van der Waals surface area contributed by atoms with E-state index < -0.39 is 0 Å². The highest BCUT2D eigenvalue weighted by Gasteiger charge is 2.07. The van der Waals surface area contributed by atoms with Crippen molar-refractivity contribution in [3.8, 4) is 5.75 Å². The number of anilines is 1. The van der Waals surface area contributed by atoms with Crippen LogP contribution in [0.3, 0.4) is 0 Å². The van der Waals surface area contributed by atoms with Crippen molar-refractivity contribution < 1.29 is 4.74 Å². The zero-order chi connectivity index (χ0) is 17.5. The van der Waals surface area contributed by atoms with Crippen molar-refractivity contribution in [2.24, 2.45) is 5.10 Å². The Morgan fingerprint density at radius 2 is 2.08 bits per heavy atom. The minimum atomic E-state index is 0.484. The number of hydrogen-bond acceptors (Lipinski definition) is 7. The topological polar surface area (TPSA) is 88.1 Å². The Bertz CT molecular complexity index is 849. The Labute approximate surface area is 149 Å². The highest BCUT2D eigenvalue weighted by atomic mass is 32.2. The number of H-pyrrole nitrogens is 1. The molecule has 8 heteroatoms. The quantitative estimate of drug-likeness (QED) is 0.384. The van der Waals surface area contributed by atoms with E-state index in [1.165, 1.54) is 11.8 Å². The van der Waals surface area contributed by atoms with Crippen LogP contribution in [0.1, 0.15) is 18.2 Å². The summed E-state index contributed by atoms with van der Waals surface area (Å²) in [4.78, 5) is 8.61. The molecule has 0 aliphatic heterocycles. The van der Waals surface area contributed by atoms with Crippen molar-refractivity contribution in [1.29, 1.82) is 0 Å². The highest BCUT2D eigenvalue weighted by Crippen LogP contribution is 2.26. The van der Waals surface area contributed by atoms with Crippen molar-refractivity contribution in [1.82, 2.24) is 20.2 Å². The molecule has 128 valence electrons. The monoisotopic (exact) mass is 354 g/mol. The first-order valence-electron chi connectivity index (χ1n) is 7.65. The average Bonchev–Trinajstić information content (AvgIpc) is 3.13. The van der Waals surface area contributed by atoms with Gasteiger partial charge in [-0.15, -0.1) is 5.10 Å². The molecule has 0 bridgehead atoms. The van der Waals surface area contributed by atoms with E-state index in [9.17, 15) is 0 Å². The molecule has 3 aromatic rings. The zero-order valence-corrected chi connectivity index (χ0v) is 14.7. The van der Waals surface area contributed by atoms with Crippen molar-refractivity contribution in [3.05, 3.63) is 59.9 Å². The maximum absolute atomic E-state index is 5.35. The molecule has 25 heavy (non-hydrogen) atoms. The summed E-state index contributed by atoms with van der Waals surface area (Å²) in [7, 11) is 1.67. The van der Waals surface area contributed by atoms with Gasteiger partial charge < -0.3 is 4.74 Å². The molecule has 0 aliphatic rings. The SMILES string of the molecule is COc1ccccc1CSc1n[nH]c(N/N=C(\C)c2ccccn2)n1. The van der Waals surface area contributed by atoms with E-state index in [0.717, 1.165) is 28.5 Å². The number of para-hydroxylation sites is 1. The van der Waals surface area contributed by atoms with E-state index >= 15 is 0 Å². The third-order valence-electron chi connectivity index (χ3n) is 3.38. The fourth-order valence-corrected chi connectivity index (χ4v) is 2.89. The molecule has 2 N–H and O–H groups in total. The molecule has 0 amide bonds. The summed E-state index contributed by atoms with van der Waals surface area (Å²) in [5, 5.41) is 11.9. The van der Waals surface area contributed by atoms with Crippen molar-refractivity contribution in [2.75, 3.05) is 12.5 Å². The van der Waals surface area contributed by atoms with Crippen molar-refractivity contribution >= 4 is 23.4 Å². The number of nitrogens with one attached hydrogen (secondary N) is 2. The van der Waals surface area contributed by atoms with Crippen LogP contribution >= 0.6 is 11.8 Å². The fraction of sp³-hybridized carbons (Fsp3) is 0.176. The molecule has 7 nitrogen and oxygen atoms in total. The summed E-state index contributed by atoms with van der Waals surface area (Å²) >= 11 is 1.52. The summed E-state index contributed by atoms with van der Waals surface area (Å²) in [6.07, 6.45) is 1.73. The zero-order valence-electron chi connectivity index (χ0n) is 13.9. The number of thioether (sulfide) groups is 1. The second-order valence-corrected chi connectivity index (χ2v) is 6.03. The summed E-state index contributed by atoms with van der Waals surface area (Å²) in [6.45, 7) is 1.88. The Kier molecular flexibility index (Phi) is 5.63. The lowest BCUT2D eigenvalue weighted by Crippen LogP contribution is -2.02. The smallest absolute Gasteiger partial charge is 0.240 e. The van der Waals surface area contributed by atoms with Crippen LogP contribution in [-0.2, 0) is 5.75 Å². The average molecular weight is 354 g/mol. The van der Waals surface area contributed by atoms with Crippen molar-refractivity contribution in [3.63, 3.8) is 0 Å². The van der Waals surface area contributed by atoms with E-state index in [2.05, 4.69) is 30.7 Å². The van der Waals surface area contributed by atoms with Gasteiger partial charge in [-0.3, -0.25) is 4.98 Å². The first kappa shape index (κ1) is 17.0. The molecule has 0 saturated heterocycles. The highest BCUT2D eigenvalue weighted by molar-refractivity contribution is 7.98. The van der Waals surface area contributed by atoms with Crippen LogP contribution in [0.4, 0.5) is 5.95 Å². The van der Waals surface area contributed by atoms with Gasteiger partial charge in [0.05, 0.1) is 18.5 Å². The summed E-state index contributed by atoms with van der Waals surface area (Å²) < 4.78 is 5.35. The minimum absolute atomic E-state index is 0.484. The van der Waals surface area contributed by atoms with Gasteiger partial charge in [-0.1, -0.05) is 36.0 Å². The molecule has 0 fully saturated rings. The van der Waals surface area contributed by atoms with E-state index in [-0.39, 0.29) is 0 Å². The van der Waals surface area contributed by atoms with Crippen molar-refractivity contribution in [2.45, 2.75) is 17.8 Å². The molecule has 1 aromatic carbocycles. The number of aromatic amines is 1. The Morgan fingerprint density at radius 1 is 1.24 bits per heavy atom. The van der Waals surface area contributed by atoms with E-state index in [1.54, 1.807) is 13.3 Å². The number of nitrogens with zero attached hydrogens (tertiary/aromatic N) is 4. The largest absolute Gasteiger partial charge is 0.496 e. The number of benzene rings is 1. The molecular weight excluding hydrogens is 336 g/mol. The van der Waals surface area contributed by atoms with Crippen LogP contribution in [0.2, 0.25) is 0 Å². The summed E-state index contributed by atoms with van der Waals surface area (Å²) in [6, 6.07) is 13.6. The van der Waals surface area contributed by atoms with Crippen LogP contribution in [0.25, 0.3) is 0 Å². The molecule has 0 unspecified atom stereocenters. The molecule has 0 saturated carbocycles. The lowest BCUT2D eigenvalue weighted by Gasteiger charge is -2.05. The number of hydrogen-bond donors (Lipinski definition) is 2. The van der Waals surface area contributed by atoms with E-state index in [4.69, 9.17) is 4.74 Å². The van der Waals surface area contributed by atoms with Gasteiger partial charge in [0.15, 0.2) is 0 Å². The molecule has 2 aromatic heterocycles. The standard InChI is InChI=1S/C17H18N6OS/c1-12(14-8-5-6-10-18-14)20-21-16-19-17(23-22-16)25-11-13-7-3-4-9-15(13)24-2/h3-10H,11H2,1-2H3,(H2,19,21,22,23)/b20-12+. The number of aromatic nitrogens is 4. The van der Waals surface area contributed by atoms with Gasteiger partial charge in [0, 0.05) is 17.5 Å². The molecule has 0 aliphatic carbocycles. The molecule has 0 radical (unpaired) electrons. The van der Waals surface area contributed by atoms with Crippen LogP contribution in [0, 0.1) is 0 Å². The van der Waals surface area contributed by atoms with Crippen LogP contribution < -0.4 is 10.2 Å². The van der Waals surface area contributed by atoms with Gasteiger partial charge in [0.2, 0.25) is 11.1 Å². The number of methoxy groups -OCH3 is 1. The van der Waals surface area contributed by atoms with Crippen LogP contribution in [0.5, 0.6) is 5.75 Å². The molecule has 0 spiro atoms. The normalized spacial score (nSPS) is 11.4. The van der Waals surface area contributed by atoms with Gasteiger partial charge in [-0.05, 0) is 25.1 Å². The number of pyridine rings is 1. The summed E-state index contributed by atoms with van der Waals surface area (Å²) in [5.41, 5.74) is 5.53. The predicted octanol–water partition coefficient (Wildman–Crippen LogP) is 3.34. The second-order valence-electron chi connectivity index (χ2n) is 5.09. The maximum Gasteiger partial charge on any atom is 0.240 e. The Hall–Kier alpha value is -2.87. The first-order chi connectivity index (χ1) is 12.3. The number of ether oxygens (including phenoxy) is 1. The summed E-state index contributed by atoms with van der Waals surface area (Å²) in [5.74, 6) is 2.06. The Balaban J connectivity index is 1.59. The predicted molar refractivity (Wildman–Crippen MR) is 99.0 cm³/mol. The van der Waals surface area contributed by atoms with E-state index in [0.29, 0.717) is 11.1 Å². The van der Waals surface area contributed by atoms with Gasteiger partial charge in [-0.2, -0.15) is 10.1 Å². The van der Waals surface area contributed by atoms with Gasteiger partial charge in [0.25, 0.3) is 0 Å². The number of hydrazone groups is 1. The minimum Gasteiger partial charge on any atom is -0.496 e. The molecule has 0 atom stereocenters. The van der Waals surface area contributed by atoms with E-state index in [1.807, 2.05) is 49.4 Å². The van der Waals surface area contributed by atoms with Gasteiger partial charge in [-0.25, -0.2) is 10.5 Å². The number of rotatable bonds is 7. The van der Waals surface area contributed by atoms with Gasteiger partial charge >= 0.3 is 0 Å². The molecule has 3 rings (SSSR count). The molecule has 2 heterocycles. The third-order valence-corrected chi connectivity index (χ3v) is 4.28. The Morgan fingerprint density at radius 3 is 2.88 bits per heavy atom. The van der Waals surface area contributed by atoms with Gasteiger partial charge in [0.1, 0.15) is 5.75 Å². The lowest BCUT2D eigenvalue weighted by atomic mass is 10.2. The maximum atomic E-state index is 5.35. The first-order valence-corrected chi connectivity index (χ1v) is 8.63.